The lowest BCUT2D eigenvalue weighted by Gasteiger charge is -2.14. The molecule has 2 N–H and O–H groups in total. The molecule has 3 aromatic rings. The number of benzene rings is 2. The fourth-order valence-electron chi connectivity index (χ4n) is 3.06. The number of nitrogens with zero attached hydrogens (tertiary/aromatic N) is 2. The maximum atomic E-state index is 12.5. The number of anilines is 1. The summed E-state index contributed by atoms with van der Waals surface area (Å²) in [6.45, 7) is 1.85. The largest absolute Gasteiger partial charge is 0.480 e. The van der Waals surface area contributed by atoms with Crippen LogP contribution in [0.5, 0.6) is 5.75 Å². The molecule has 0 bridgehead atoms. The second-order valence-electron chi connectivity index (χ2n) is 6.43. The number of para-hydroxylation sites is 1. The van der Waals surface area contributed by atoms with E-state index in [4.69, 9.17) is 17.0 Å². The SMILES string of the molecule is Cc1nccc(-c2cccc(NC(=S)NC(=O)C3Cc4ccccc4O3)c2)n1. The highest BCUT2D eigenvalue weighted by molar-refractivity contribution is 7.80. The van der Waals surface area contributed by atoms with E-state index in [1.807, 2.05) is 61.5 Å². The van der Waals surface area contributed by atoms with Gasteiger partial charge in [-0.25, -0.2) is 9.97 Å². The van der Waals surface area contributed by atoms with Gasteiger partial charge < -0.3 is 10.1 Å². The summed E-state index contributed by atoms with van der Waals surface area (Å²) in [4.78, 5) is 21.0. The Balaban J connectivity index is 1.39. The minimum Gasteiger partial charge on any atom is -0.480 e. The van der Waals surface area contributed by atoms with Crippen molar-refractivity contribution in [3.63, 3.8) is 0 Å². The number of carbonyl (C=O) groups excluding carboxylic acids is 1. The number of hydrogen-bond acceptors (Lipinski definition) is 5. The van der Waals surface area contributed by atoms with Crippen LogP contribution in [-0.2, 0) is 11.2 Å². The molecule has 0 saturated carbocycles. The lowest BCUT2D eigenvalue weighted by atomic mass is 10.1. The first-order chi connectivity index (χ1) is 13.6. The number of carbonyl (C=O) groups is 1. The standard InChI is InChI=1S/C21H18N4O2S/c1-13-22-10-9-17(23-13)14-6-4-7-16(11-14)24-21(28)25-20(26)19-12-15-5-2-3-8-18(15)27-19/h2-11,19H,12H2,1H3,(H2,24,25,26,28). The van der Waals surface area contributed by atoms with E-state index in [0.29, 0.717) is 12.2 Å². The van der Waals surface area contributed by atoms with Crippen molar-refractivity contribution in [3.8, 4) is 17.0 Å². The van der Waals surface area contributed by atoms with Crippen molar-refractivity contribution >= 4 is 28.9 Å². The number of fused-ring (bicyclic) bond motifs is 1. The smallest absolute Gasteiger partial charge is 0.267 e. The maximum absolute atomic E-state index is 12.5. The average molecular weight is 390 g/mol. The molecule has 0 fully saturated rings. The second kappa shape index (κ2) is 7.74. The molecule has 1 aromatic heterocycles. The third-order valence-electron chi connectivity index (χ3n) is 4.37. The minimum atomic E-state index is -0.576. The van der Waals surface area contributed by atoms with Gasteiger partial charge in [-0.15, -0.1) is 0 Å². The molecule has 0 radical (unpaired) electrons. The average Bonchev–Trinajstić information content (AvgIpc) is 3.12. The molecule has 1 amide bonds. The fourth-order valence-corrected chi connectivity index (χ4v) is 3.27. The third-order valence-corrected chi connectivity index (χ3v) is 4.57. The van der Waals surface area contributed by atoms with E-state index in [9.17, 15) is 4.79 Å². The van der Waals surface area contributed by atoms with Gasteiger partial charge in [0.05, 0.1) is 5.69 Å². The topological polar surface area (TPSA) is 76.1 Å². The quantitative estimate of drug-likeness (QED) is 0.669. The summed E-state index contributed by atoms with van der Waals surface area (Å²) in [6.07, 6.45) is 1.68. The number of rotatable bonds is 3. The van der Waals surface area contributed by atoms with Gasteiger partial charge in [0.15, 0.2) is 11.2 Å². The van der Waals surface area contributed by atoms with Gasteiger partial charge in [0.25, 0.3) is 5.91 Å². The van der Waals surface area contributed by atoms with E-state index in [-0.39, 0.29) is 11.0 Å². The number of aromatic nitrogens is 2. The Morgan fingerprint density at radius 3 is 2.86 bits per heavy atom. The van der Waals surface area contributed by atoms with E-state index >= 15 is 0 Å². The Morgan fingerprint density at radius 1 is 1.18 bits per heavy atom. The van der Waals surface area contributed by atoms with Gasteiger partial charge in [-0.05, 0) is 49.0 Å². The monoisotopic (exact) mass is 390 g/mol. The summed E-state index contributed by atoms with van der Waals surface area (Å²) < 4.78 is 5.69. The summed E-state index contributed by atoms with van der Waals surface area (Å²) >= 11 is 5.29. The van der Waals surface area contributed by atoms with Crippen LogP contribution in [0, 0.1) is 6.92 Å². The molecule has 1 atom stereocenters. The van der Waals surface area contributed by atoms with Crippen molar-refractivity contribution in [2.75, 3.05) is 5.32 Å². The summed E-state index contributed by atoms with van der Waals surface area (Å²) in [5.41, 5.74) is 3.53. The molecule has 140 valence electrons. The molecule has 1 aliphatic heterocycles. The molecule has 0 saturated heterocycles. The van der Waals surface area contributed by atoms with Crippen LogP contribution in [-0.4, -0.2) is 27.1 Å². The molecule has 6 nitrogen and oxygen atoms in total. The van der Waals surface area contributed by atoms with Crippen molar-refractivity contribution in [3.05, 3.63) is 72.2 Å². The summed E-state index contributed by atoms with van der Waals surface area (Å²) in [7, 11) is 0. The van der Waals surface area contributed by atoms with Crippen LogP contribution in [0.4, 0.5) is 5.69 Å². The van der Waals surface area contributed by atoms with Gasteiger partial charge in [-0.2, -0.15) is 0 Å². The van der Waals surface area contributed by atoms with Gasteiger partial charge in [-0.1, -0.05) is 30.3 Å². The van der Waals surface area contributed by atoms with Crippen LogP contribution in [0.25, 0.3) is 11.3 Å². The first-order valence-corrected chi connectivity index (χ1v) is 9.26. The number of hydrogen-bond donors (Lipinski definition) is 2. The molecule has 1 aliphatic rings. The van der Waals surface area contributed by atoms with Gasteiger partial charge in [0, 0.05) is 23.9 Å². The number of amides is 1. The van der Waals surface area contributed by atoms with Crippen molar-refractivity contribution in [2.24, 2.45) is 0 Å². The first kappa shape index (κ1) is 18.1. The Kier molecular flexibility index (Phi) is 4.99. The predicted molar refractivity (Wildman–Crippen MR) is 111 cm³/mol. The van der Waals surface area contributed by atoms with Crippen molar-refractivity contribution < 1.29 is 9.53 Å². The van der Waals surface area contributed by atoms with Gasteiger partial charge in [-0.3, -0.25) is 10.1 Å². The highest BCUT2D eigenvalue weighted by atomic mass is 32.1. The van der Waals surface area contributed by atoms with Crippen molar-refractivity contribution in [1.82, 2.24) is 15.3 Å². The molecule has 1 unspecified atom stereocenters. The lowest BCUT2D eigenvalue weighted by molar-refractivity contribution is -0.125. The zero-order chi connectivity index (χ0) is 19.5. The number of thiocarbonyl (C=S) groups is 1. The molecular weight excluding hydrogens is 372 g/mol. The highest BCUT2D eigenvalue weighted by Crippen LogP contribution is 2.28. The maximum Gasteiger partial charge on any atom is 0.267 e. The van der Waals surface area contributed by atoms with Crippen LogP contribution in [0.15, 0.2) is 60.8 Å². The molecule has 7 heteroatoms. The minimum absolute atomic E-state index is 0.223. The van der Waals surface area contributed by atoms with Gasteiger partial charge in [0.1, 0.15) is 11.6 Å². The number of ether oxygens (including phenoxy) is 1. The molecule has 28 heavy (non-hydrogen) atoms. The third kappa shape index (κ3) is 3.99. The zero-order valence-electron chi connectivity index (χ0n) is 15.2. The molecule has 2 aromatic carbocycles. The highest BCUT2D eigenvalue weighted by Gasteiger charge is 2.29. The second-order valence-corrected chi connectivity index (χ2v) is 6.84. The van der Waals surface area contributed by atoms with Gasteiger partial charge in [0.2, 0.25) is 0 Å². The Morgan fingerprint density at radius 2 is 2.04 bits per heavy atom. The first-order valence-electron chi connectivity index (χ1n) is 8.85. The fraction of sp³-hybridized carbons (Fsp3) is 0.143. The Bertz CT molecular complexity index is 1030. The van der Waals surface area contributed by atoms with E-state index in [0.717, 1.165) is 28.3 Å². The van der Waals surface area contributed by atoms with E-state index in [2.05, 4.69) is 20.6 Å². The Hall–Kier alpha value is -3.32. The summed E-state index contributed by atoms with van der Waals surface area (Å²) in [5, 5.41) is 5.97. The lowest BCUT2D eigenvalue weighted by Crippen LogP contribution is -2.42. The molecular formula is C21H18N4O2S. The van der Waals surface area contributed by atoms with Crippen LogP contribution in [0.1, 0.15) is 11.4 Å². The predicted octanol–water partition coefficient (Wildman–Crippen LogP) is 3.27. The summed E-state index contributed by atoms with van der Waals surface area (Å²) in [5.74, 6) is 1.18. The molecule has 2 heterocycles. The summed E-state index contributed by atoms with van der Waals surface area (Å²) in [6, 6.07) is 17.1. The van der Waals surface area contributed by atoms with Gasteiger partial charge >= 0.3 is 0 Å². The Labute approximate surface area is 168 Å². The number of aryl methyl sites for hydroxylation is 1. The van der Waals surface area contributed by atoms with E-state index in [1.54, 1.807) is 6.20 Å². The van der Waals surface area contributed by atoms with Crippen LogP contribution < -0.4 is 15.4 Å². The normalized spacial score (nSPS) is 14.7. The zero-order valence-corrected chi connectivity index (χ0v) is 16.0. The molecule has 0 aliphatic carbocycles. The van der Waals surface area contributed by atoms with E-state index in [1.165, 1.54) is 0 Å². The molecule has 0 spiro atoms. The van der Waals surface area contributed by atoms with E-state index < -0.39 is 6.10 Å². The van der Waals surface area contributed by atoms with Crippen molar-refractivity contribution in [2.45, 2.75) is 19.4 Å². The van der Waals surface area contributed by atoms with Crippen LogP contribution in [0.2, 0.25) is 0 Å². The number of nitrogens with one attached hydrogen (secondary N) is 2. The van der Waals surface area contributed by atoms with Crippen LogP contribution in [0.3, 0.4) is 0 Å². The molecule has 4 rings (SSSR count). The van der Waals surface area contributed by atoms with Crippen molar-refractivity contribution in [1.29, 1.82) is 0 Å². The van der Waals surface area contributed by atoms with Crippen LogP contribution >= 0.6 is 12.2 Å².